The van der Waals surface area contributed by atoms with Gasteiger partial charge < -0.3 is 5.32 Å². The van der Waals surface area contributed by atoms with Crippen molar-refractivity contribution in [3.05, 3.63) is 63.8 Å². The highest BCUT2D eigenvalue weighted by Crippen LogP contribution is 2.22. The number of hydrogen-bond donors (Lipinski definition) is 1. The molecule has 3 heterocycles. The lowest BCUT2D eigenvalue weighted by Crippen LogP contribution is -2.25. The number of amides is 1. The predicted octanol–water partition coefficient (Wildman–Crippen LogP) is 3.04. The van der Waals surface area contributed by atoms with E-state index in [4.69, 9.17) is 0 Å². The minimum atomic E-state index is -0.147. The van der Waals surface area contributed by atoms with Gasteiger partial charge in [0.05, 0.1) is 10.2 Å². The lowest BCUT2D eigenvalue weighted by atomic mass is 10.2. The van der Waals surface area contributed by atoms with E-state index in [9.17, 15) is 4.79 Å². The summed E-state index contributed by atoms with van der Waals surface area (Å²) < 4.78 is 2.70. The fraction of sp³-hybridized carbons (Fsp3) is 0.188. The molecule has 3 rings (SSSR count). The monoisotopic (exact) mass is 358 g/mol. The van der Waals surface area contributed by atoms with Gasteiger partial charge in [0.25, 0.3) is 5.91 Å². The van der Waals surface area contributed by atoms with Gasteiger partial charge in [-0.1, -0.05) is 6.07 Å². The number of hydrogen-bond acceptors (Lipinski definition) is 3. The van der Waals surface area contributed by atoms with Crippen LogP contribution in [-0.2, 0) is 6.54 Å². The summed E-state index contributed by atoms with van der Waals surface area (Å²) in [4.78, 5) is 21.0. The first-order valence-corrected chi connectivity index (χ1v) is 7.67. The third-order valence-corrected chi connectivity index (χ3v) is 3.96. The van der Waals surface area contributed by atoms with Crippen LogP contribution < -0.4 is 5.32 Å². The van der Waals surface area contributed by atoms with Crippen molar-refractivity contribution in [2.24, 2.45) is 0 Å². The Balaban J connectivity index is 1.92. The molecule has 0 bridgehead atoms. The Morgan fingerprint density at radius 2 is 2.23 bits per heavy atom. The van der Waals surface area contributed by atoms with Gasteiger partial charge in [-0.3, -0.25) is 14.2 Å². The Morgan fingerprint density at radius 3 is 2.95 bits per heavy atom. The van der Waals surface area contributed by atoms with Gasteiger partial charge in [-0.25, -0.2) is 4.98 Å². The first-order valence-electron chi connectivity index (χ1n) is 6.88. The largest absolute Gasteiger partial charge is 0.347 e. The van der Waals surface area contributed by atoms with Crippen molar-refractivity contribution in [2.75, 3.05) is 0 Å². The summed E-state index contributed by atoms with van der Waals surface area (Å²) in [6.07, 6.45) is 5.36. The zero-order valence-electron chi connectivity index (χ0n) is 12.3. The van der Waals surface area contributed by atoms with Crippen LogP contribution in [0.4, 0.5) is 0 Å². The van der Waals surface area contributed by atoms with E-state index in [1.807, 2.05) is 42.6 Å². The molecule has 112 valence electrons. The van der Waals surface area contributed by atoms with Crippen LogP contribution in [0.5, 0.6) is 0 Å². The van der Waals surface area contributed by atoms with Gasteiger partial charge in [0.15, 0.2) is 5.65 Å². The molecule has 0 saturated carbocycles. The van der Waals surface area contributed by atoms with Gasteiger partial charge in [0.2, 0.25) is 0 Å². The minimum absolute atomic E-state index is 0.147. The third kappa shape index (κ3) is 2.74. The molecule has 0 unspecified atom stereocenters. The molecule has 3 aromatic heterocycles. The molecule has 0 fully saturated rings. The van der Waals surface area contributed by atoms with Crippen LogP contribution in [-0.4, -0.2) is 20.3 Å². The van der Waals surface area contributed by atoms with Crippen LogP contribution in [0.15, 0.2) is 41.3 Å². The van der Waals surface area contributed by atoms with Crippen molar-refractivity contribution >= 4 is 27.5 Å². The number of rotatable bonds is 3. The van der Waals surface area contributed by atoms with Gasteiger partial charge in [-0.2, -0.15) is 0 Å². The van der Waals surface area contributed by atoms with Crippen LogP contribution in [0.25, 0.3) is 5.65 Å². The summed E-state index contributed by atoms with van der Waals surface area (Å²) in [5, 5.41) is 2.92. The summed E-state index contributed by atoms with van der Waals surface area (Å²) in [5.74, 6) is -0.147. The topological polar surface area (TPSA) is 59.3 Å². The zero-order chi connectivity index (χ0) is 15.7. The smallest absolute Gasteiger partial charge is 0.270 e. The number of aromatic nitrogens is 3. The van der Waals surface area contributed by atoms with Gasteiger partial charge in [-0.05, 0) is 53.0 Å². The molecule has 6 heteroatoms. The third-order valence-electron chi connectivity index (χ3n) is 3.38. The molecule has 1 N–H and O–H groups in total. The highest BCUT2D eigenvalue weighted by molar-refractivity contribution is 9.10. The van der Waals surface area contributed by atoms with E-state index in [-0.39, 0.29) is 5.91 Å². The average Bonchev–Trinajstić information content (AvgIpc) is 2.82. The molecule has 0 spiro atoms. The van der Waals surface area contributed by atoms with E-state index >= 15 is 0 Å². The number of aryl methyl sites for hydroxylation is 2. The second-order valence-corrected chi connectivity index (χ2v) is 6.00. The summed E-state index contributed by atoms with van der Waals surface area (Å²) in [6, 6.07) is 5.76. The highest BCUT2D eigenvalue weighted by atomic mass is 79.9. The fourth-order valence-corrected chi connectivity index (χ4v) is 3.03. The molecule has 0 aliphatic heterocycles. The zero-order valence-corrected chi connectivity index (χ0v) is 13.9. The van der Waals surface area contributed by atoms with E-state index in [2.05, 4.69) is 31.2 Å². The Hall–Kier alpha value is -2.21. The number of nitrogens with one attached hydrogen (secondary N) is 1. The van der Waals surface area contributed by atoms with E-state index in [0.717, 1.165) is 21.2 Å². The number of fused-ring (bicyclic) bond motifs is 1. The Bertz CT molecular complexity index is 842. The molecule has 3 aromatic rings. The molecule has 0 aliphatic rings. The maximum Gasteiger partial charge on any atom is 0.270 e. The van der Waals surface area contributed by atoms with Crippen molar-refractivity contribution < 1.29 is 4.79 Å². The van der Waals surface area contributed by atoms with Crippen molar-refractivity contribution in [1.29, 1.82) is 0 Å². The number of carbonyl (C=O) groups is 1. The first-order chi connectivity index (χ1) is 10.6. The number of carbonyl (C=O) groups excluding carboxylic acids is 1. The molecule has 0 atom stereocenters. The molecular weight excluding hydrogens is 344 g/mol. The fourth-order valence-electron chi connectivity index (χ4n) is 2.39. The summed E-state index contributed by atoms with van der Waals surface area (Å²) >= 11 is 3.50. The van der Waals surface area contributed by atoms with Gasteiger partial charge in [0.1, 0.15) is 5.69 Å². The molecule has 5 nitrogen and oxygen atoms in total. The predicted molar refractivity (Wildman–Crippen MR) is 87.8 cm³/mol. The molecule has 22 heavy (non-hydrogen) atoms. The summed E-state index contributed by atoms with van der Waals surface area (Å²) in [7, 11) is 0. The van der Waals surface area contributed by atoms with E-state index in [1.54, 1.807) is 12.4 Å². The first kappa shape index (κ1) is 14.7. The van der Waals surface area contributed by atoms with Crippen LogP contribution >= 0.6 is 15.9 Å². The lowest BCUT2D eigenvalue weighted by molar-refractivity contribution is 0.0944. The number of halogens is 1. The van der Waals surface area contributed by atoms with Crippen molar-refractivity contribution in [1.82, 2.24) is 19.7 Å². The number of imidazole rings is 1. The van der Waals surface area contributed by atoms with E-state index in [0.29, 0.717) is 17.9 Å². The van der Waals surface area contributed by atoms with Crippen molar-refractivity contribution in [2.45, 2.75) is 20.4 Å². The SMILES string of the molecule is Cc1cc(Br)c2nc(C)c(C(=O)NCc3cccnc3)n2c1. The van der Waals surface area contributed by atoms with Crippen LogP contribution in [0.3, 0.4) is 0 Å². The van der Waals surface area contributed by atoms with E-state index < -0.39 is 0 Å². The Kier molecular flexibility index (Phi) is 3.94. The quantitative estimate of drug-likeness (QED) is 0.782. The molecular formula is C16H15BrN4O. The maximum atomic E-state index is 12.5. The lowest BCUT2D eigenvalue weighted by Gasteiger charge is -2.07. The Morgan fingerprint density at radius 1 is 1.41 bits per heavy atom. The van der Waals surface area contributed by atoms with Gasteiger partial charge >= 0.3 is 0 Å². The number of nitrogens with zero attached hydrogens (tertiary/aromatic N) is 3. The maximum absolute atomic E-state index is 12.5. The molecule has 0 radical (unpaired) electrons. The highest BCUT2D eigenvalue weighted by Gasteiger charge is 2.18. The standard InChI is InChI=1S/C16H15BrN4O/c1-10-6-13(17)15-20-11(2)14(21(15)9-10)16(22)19-8-12-4-3-5-18-7-12/h3-7,9H,8H2,1-2H3,(H,19,22). The summed E-state index contributed by atoms with van der Waals surface area (Å²) in [5.41, 5.74) is 4.02. The normalized spacial score (nSPS) is 10.9. The number of pyridine rings is 2. The Labute approximate surface area is 136 Å². The molecule has 0 aromatic carbocycles. The minimum Gasteiger partial charge on any atom is -0.347 e. The van der Waals surface area contributed by atoms with Crippen molar-refractivity contribution in [3.8, 4) is 0 Å². The molecule has 1 amide bonds. The van der Waals surface area contributed by atoms with Crippen molar-refractivity contribution in [3.63, 3.8) is 0 Å². The van der Waals surface area contributed by atoms with Crippen LogP contribution in [0, 0.1) is 13.8 Å². The van der Waals surface area contributed by atoms with Crippen LogP contribution in [0.2, 0.25) is 0 Å². The van der Waals surface area contributed by atoms with Crippen LogP contribution in [0.1, 0.15) is 27.3 Å². The average molecular weight is 359 g/mol. The van der Waals surface area contributed by atoms with Gasteiger partial charge in [-0.15, -0.1) is 0 Å². The molecule has 0 saturated heterocycles. The van der Waals surface area contributed by atoms with Gasteiger partial charge in [0, 0.05) is 25.1 Å². The second-order valence-electron chi connectivity index (χ2n) is 5.15. The summed E-state index contributed by atoms with van der Waals surface area (Å²) in [6.45, 7) is 4.26. The molecule has 0 aliphatic carbocycles. The second kappa shape index (κ2) is 5.88. The van der Waals surface area contributed by atoms with E-state index in [1.165, 1.54) is 0 Å².